The van der Waals surface area contributed by atoms with Crippen LogP contribution in [0.1, 0.15) is 31.7 Å². The highest BCUT2D eigenvalue weighted by Gasteiger charge is 2.32. The Kier molecular flexibility index (Phi) is 4.28. The van der Waals surface area contributed by atoms with Gasteiger partial charge in [0.1, 0.15) is 0 Å². The van der Waals surface area contributed by atoms with Crippen molar-refractivity contribution < 1.29 is 8.42 Å². The second kappa shape index (κ2) is 5.77. The van der Waals surface area contributed by atoms with Gasteiger partial charge in [-0.05, 0) is 45.2 Å². The number of rotatable bonds is 2. The summed E-state index contributed by atoms with van der Waals surface area (Å²) >= 11 is 0. The molecule has 1 aliphatic heterocycles. The average molecular weight is 277 g/mol. The predicted molar refractivity (Wildman–Crippen MR) is 76.2 cm³/mol. The minimum Gasteiger partial charge on any atom is -0.207 e. The quantitative estimate of drug-likeness (QED) is 0.779. The van der Waals surface area contributed by atoms with E-state index in [2.05, 4.69) is 11.8 Å². The van der Waals surface area contributed by atoms with Crippen molar-refractivity contribution in [3.63, 3.8) is 0 Å². The molecule has 1 heterocycles. The van der Waals surface area contributed by atoms with Gasteiger partial charge in [0.25, 0.3) is 0 Å². The van der Waals surface area contributed by atoms with Gasteiger partial charge in [-0.2, -0.15) is 4.31 Å². The summed E-state index contributed by atoms with van der Waals surface area (Å²) in [5.74, 6) is 5.86. The first-order valence-corrected chi connectivity index (χ1v) is 8.00. The maximum Gasteiger partial charge on any atom is 0.244 e. The summed E-state index contributed by atoms with van der Waals surface area (Å²) in [4.78, 5) is 0.364. The Balaban J connectivity index is 2.35. The van der Waals surface area contributed by atoms with Crippen LogP contribution in [0.25, 0.3) is 0 Å². The van der Waals surface area contributed by atoms with Crippen molar-refractivity contribution in [2.45, 2.75) is 44.0 Å². The van der Waals surface area contributed by atoms with Crippen molar-refractivity contribution in [3.05, 3.63) is 29.8 Å². The molecule has 102 valence electrons. The number of benzene rings is 1. The highest BCUT2D eigenvalue weighted by atomic mass is 32.2. The van der Waals surface area contributed by atoms with Crippen LogP contribution in [0.4, 0.5) is 0 Å². The van der Waals surface area contributed by atoms with Crippen molar-refractivity contribution in [3.8, 4) is 11.8 Å². The SMILES string of the molecule is CC#CC1CCCCN1S(=O)(=O)c1ccc(C)cc1. The lowest BCUT2D eigenvalue weighted by molar-refractivity contribution is 0.299. The Morgan fingerprint density at radius 2 is 1.89 bits per heavy atom. The van der Waals surface area contributed by atoms with Crippen LogP contribution in [-0.4, -0.2) is 25.3 Å². The molecule has 2 rings (SSSR count). The van der Waals surface area contributed by atoms with Gasteiger partial charge < -0.3 is 0 Å². The Morgan fingerprint density at radius 3 is 2.53 bits per heavy atom. The third-order valence-electron chi connectivity index (χ3n) is 3.39. The molecule has 0 saturated carbocycles. The lowest BCUT2D eigenvalue weighted by Gasteiger charge is -2.31. The number of piperidine rings is 1. The van der Waals surface area contributed by atoms with Gasteiger partial charge in [0.05, 0.1) is 10.9 Å². The zero-order valence-corrected chi connectivity index (χ0v) is 12.2. The first kappa shape index (κ1) is 14.1. The third-order valence-corrected chi connectivity index (χ3v) is 5.31. The largest absolute Gasteiger partial charge is 0.244 e. The Morgan fingerprint density at radius 1 is 1.21 bits per heavy atom. The van der Waals surface area contributed by atoms with Crippen molar-refractivity contribution in [1.29, 1.82) is 0 Å². The highest BCUT2D eigenvalue weighted by Crippen LogP contribution is 2.25. The molecule has 1 saturated heterocycles. The third kappa shape index (κ3) is 2.99. The number of sulfonamides is 1. The number of nitrogens with zero attached hydrogens (tertiary/aromatic N) is 1. The fourth-order valence-corrected chi connectivity index (χ4v) is 3.96. The van der Waals surface area contributed by atoms with Crippen molar-refractivity contribution in [2.24, 2.45) is 0 Å². The van der Waals surface area contributed by atoms with E-state index in [1.807, 2.05) is 19.1 Å². The molecule has 0 amide bonds. The Hall–Kier alpha value is -1.31. The second-order valence-electron chi connectivity index (χ2n) is 4.83. The molecule has 1 fully saturated rings. The molecule has 1 atom stereocenters. The van der Waals surface area contributed by atoms with Crippen LogP contribution in [0.15, 0.2) is 29.2 Å². The maximum absolute atomic E-state index is 12.6. The van der Waals surface area contributed by atoms with Crippen LogP contribution in [0.2, 0.25) is 0 Å². The van der Waals surface area contributed by atoms with Crippen LogP contribution < -0.4 is 0 Å². The smallest absolute Gasteiger partial charge is 0.207 e. The van der Waals surface area contributed by atoms with Gasteiger partial charge >= 0.3 is 0 Å². The summed E-state index contributed by atoms with van der Waals surface area (Å²) in [6.07, 6.45) is 2.78. The summed E-state index contributed by atoms with van der Waals surface area (Å²) in [6, 6.07) is 6.84. The van der Waals surface area contributed by atoms with Crippen molar-refractivity contribution in [1.82, 2.24) is 4.31 Å². The molecule has 1 unspecified atom stereocenters. The maximum atomic E-state index is 12.6. The Labute approximate surface area is 115 Å². The predicted octanol–water partition coefficient (Wildman–Crippen LogP) is 2.56. The molecule has 0 N–H and O–H groups in total. The molecule has 19 heavy (non-hydrogen) atoms. The second-order valence-corrected chi connectivity index (χ2v) is 6.73. The molecule has 1 aliphatic rings. The van der Waals surface area contributed by atoms with Gasteiger partial charge in [-0.1, -0.05) is 23.6 Å². The molecule has 0 radical (unpaired) electrons. The van der Waals surface area contributed by atoms with Crippen molar-refractivity contribution >= 4 is 10.0 Å². The summed E-state index contributed by atoms with van der Waals surface area (Å²) < 4.78 is 26.8. The molecule has 1 aromatic carbocycles. The molecule has 3 nitrogen and oxygen atoms in total. The molecule has 4 heteroatoms. The van der Waals surface area contributed by atoms with E-state index in [1.165, 1.54) is 0 Å². The fraction of sp³-hybridized carbons (Fsp3) is 0.467. The average Bonchev–Trinajstić information content (AvgIpc) is 2.40. The monoisotopic (exact) mass is 277 g/mol. The molecule has 0 aliphatic carbocycles. The van der Waals surface area contributed by atoms with Crippen LogP contribution in [-0.2, 0) is 10.0 Å². The minimum absolute atomic E-state index is 0.176. The highest BCUT2D eigenvalue weighted by molar-refractivity contribution is 7.89. The number of hydrogen-bond donors (Lipinski definition) is 0. The minimum atomic E-state index is -3.42. The van der Waals surface area contributed by atoms with E-state index >= 15 is 0 Å². The van der Waals surface area contributed by atoms with Crippen LogP contribution in [0, 0.1) is 18.8 Å². The van der Waals surface area contributed by atoms with E-state index in [9.17, 15) is 8.42 Å². The van der Waals surface area contributed by atoms with E-state index in [1.54, 1.807) is 23.4 Å². The van der Waals surface area contributed by atoms with E-state index in [0.29, 0.717) is 11.4 Å². The first-order valence-electron chi connectivity index (χ1n) is 6.56. The topological polar surface area (TPSA) is 37.4 Å². The summed E-state index contributed by atoms with van der Waals surface area (Å²) in [6.45, 7) is 4.27. The standard InChI is InChI=1S/C15H19NO2S/c1-3-6-14-7-4-5-12-16(14)19(17,18)15-10-8-13(2)9-11-15/h8-11,14H,4-5,7,12H2,1-2H3. The summed E-state index contributed by atoms with van der Waals surface area (Å²) in [5, 5.41) is 0. The van der Waals surface area contributed by atoms with Crippen LogP contribution >= 0.6 is 0 Å². The van der Waals surface area contributed by atoms with Gasteiger partial charge in [0, 0.05) is 6.54 Å². The van der Waals surface area contributed by atoms with Gasteiger partial charge in [0.2, 0.25) is 10.0 Å². The van der Waals surface area contributed by atoms with Crippen LogP contribution in [0.5, 0.6) is 0 Å². The lowest BCUT2D eigenvalue weighted by Crippen LogP contribution is -2.42. The zero-order chi connectivity index (χ0) is 13.9. The van der Waals surface area contributed by atoms with Gasteiger partial charge in [-0.25, -0.2) is 8.42 Å². The van der Waals surface area contributed by atoms with Gasteiger partial charge in [-0.3, -0.25) is 0 Å². The molecule has 0 aromatic heterocycles. The molecular weight excluding hydrogens is 258 g/mol. The molecular formula is C15H19NO2S. The van der Waals surface area contributed by atoms with Gasteiger partial charge in [-0.15, -0.1) is 5.92 Å². The Bertz CT molecular complexity index is 593. The van der Waals surface area contributed by atoms with Gasteiger partial charge in [0.15, 0.2) is 0 Å². The van der Waals surface area contributed by atoms with Crippen molar-refractivity contribution in [2.75, 3.05) is 6.54 Å². The van der Waals surface area contributed by atoms with E-state index < -0.39 is 10.0 Å². The molecule has 0 bridgehead atoms. The number of hydrogen-bond acceptors (Lipinski definition) is 2. The zero-order valence-electron chi connectivity index (χ0n) is 11.4. The number of aryl methyl sites for hydroxylation is 1. The lowest BCUT2D eigenvalue weighted by atomic mass is 10.1. The fourth-order valence-electron chi connectivity index (χ4n) is 2.35. The summed E-state index contributed by atoms with van der Waals surface area (Å²) in [5.41, 5.74) is 1.06. The van der Waals surface area contributed by atoms with Crippen LogP contribution in [0.3, 0.4) is 0 Å². The molecule has 0 spiro atoms. The van der Waals surface area contributed by atoms with E-state index in [-0.39, 0.29) is 6.04 Å². The van der Waals surface area contributed by atoms with E-state index in [0.717, 1.165) is 24.8 Å². The normalized spacial score (nSPS) is 20.6. The van der Waals surface area contributed by atoms with E-state index in [4.69, 9.17) is 0 Å². The summed E-state index contributed by atoms with van der Waals surface area (Å²) in [7, 11) is -3.42. The molecule has 1 aromatic rings. The first-order chi connectivity index (χ1) is 9.05.